The minimum Gasteiger partial charge on any atom is -0.481 e. The Morgan fingerprint density at radius 2 is 1.71 bits per heavy atom. The Hall–Kier alpha value is -3.22. The van der Waals surface area contributed by atoms with Gasteiger partial charge in [-0.2, -0.15) is 0 Å². The summed E-state index contributed by atoms with van der Waals surface area (Å²) in [5.74, 6) is 1.00. The number of carbonyl (C=O) groups excluding carboxylic acids is 2. The van der Waals surface area contributed by atoms with Crippen LogP contribution in [0, 0.1) is 20.8 Å². The van der Waals surface area contributed by atoms with E-state index >= 15 is 0 Å². The van der Waals surface area contributed by atoms with Crippen molar-refractivity contribution >= 4 is 11.9 Å². The Morgan fingerprint density at radius 3 is 2.46 bits per heavy atom. The van der Waals surface area contributed by atoms with Gasteiger partial charge in [0.1, 0.15) is 5.75 Å². The third-order valence-corrected chi connectivity index (χ3v) is 4.23. The van der Waals surface area contributed by atoms with Crippen LogP contribution >= 0.6 is 0 Å². The fraction of sp³-hybridized carbons (Fsp3) is 0.333. The van der Waals surface area contributed by atoms with E-state index in [0.29, 0.717) is 23.8 Å². The molecule has 7 heteroatoms. The van der Waals surface area contributed by atoms with Crippen LogP contribution in [-0.2, 0) is 20.9 Å². The molecule has 3 rings (SSSR count). The first-order valence-corrected chi connectivity index (χ1v) is 8.94. The second-order valence-corrected chi connectivity index (χ2v) is 6.64. The van der Waals surface area contributed by atoms with Crippen molar-refractivity contribution in [2.75, 3.05) is 20.0 Å². The van der Waals surface area contributed by atoms with Crippen LogP contribution in [0.5, 0.6) is 17.2 Å². The predicted molar refractivity (Wildman–Crippen MR) is 102 cm³/mol. The highest BCUT2D eigenvalue weighted by Gasteiger charge is 2.14. The Labute approximate surface area is 163 Å². The summed E-state index contributed by atoms with van der Waals surface area (Å²) in [7, 11) is 0. The third kappa shape index (κ3) is 4.94. The molecule has 0 bridgehead atoms. The van der Waals surface area contributed by atoms with Crippen molar-refractivity contribution < 1.29 is 28.5 Å². The van der Waals surface area contributed by atoms with Gasteiger partial charge in [-0.15, -0.1) is 0 Å². The number of nitrogens with one attached hydrogen (secondary N) is 1. The zero-order valence-electron chi connectivity index (χ0n) is 16.2. The van der Waals surface area contributed by atoms with E-state index in [-0.39, 0.29) is 20.0 Å². The van der Waals surface area contributed by atoms with E-state index in [1.54, 1.807) is 12.1 Å². The van der Waals surface area contributed by atoms with E-state index in [1.165, 1.54) is 0 Å². The van der Waals surface area contributed by atoms with Gasteiger partial charge in [-0.1, -0.05) is 23.8 Å². The highest BCUT2D eigenvalue weighted by molar-refractivity contribution is 5.80. The van der Waals surface area contributed by atoms with E-state index in [0.717, 1.165) is 22.3 Å². The van der Waals surface area contributed by atoms with Gasteiger partial charge in [-0.05, 0) is 49.6 Å². The molecule has 1 heterocycles. The summed E-state index contributed by atoms with van der Waals surface area (Å²) in [5.41, 5.74) is 3.89. The van der Waals surface area contributed by atoms with Crippen LogP contribution in [0.3, 0.4) is 0 Å². The molecule has 0 aliphatic carbocycles. The fourth-order valence-electron chi connectivity index (χ4n) is 3.02. The van der Waals surface area contributed by atoms with Gasteiger partial charge in [0.15, 0.2) is 24.7 Å². The van der Waals surface area contributed by atoms with Gasteiger partial charge >= 0.3 is 5.97 Å². The summed E-state index contributed by atoms with van der Waals surface area (Å²) in [4.78, 5) is 23.7. The van der Waals surface area contributed by atoms with Gasteiger partial charge in [0, 0.05) is 6.54 Å². The summed E-state index contributed by atoms with van der Waals surface area (Å²) in [6.07, 6.45) is 0. The van der Waals surface area contributed by atoms with E-state index in [2.05, 4.69) is 5.32 Å². The molecular weight excluding hydrogens is 362 g/mol. The Kier molecular flexibility index (Phi) is 6.03. The molecule has 1 aliphatic rings. The lowest BCUT2D eigenvalue weighted by Gasteiger charge is -2.13. The van der Waals surface area contributed by atoms with Crippen LogP contribution < -0.4 is 19.5 Å². The first-order chi connectivity index (χ1) is 13.4. The van der Waals surface area contributed by atoms with Gasteiger partial charge in [-0.3, -0.25) is 4.79 Å². The highest BCUT2D eigenvalue weighted by atomic mass is 16.7. The summed E-state index contributed by atoms with van der Waals surface area (Å²) >= 11 is 0. The van der Waals surface area contributed by atoms with Crippen molar-refractivity contribution in [3.8, 4) is 17.2 Å². The van der Waals surface area contributed by atoms with Crippen molar-refractivity contribution in [2.45, 2.75) is 27.3 Å². The maximum absolute atomic E-state index is 11.9. The van der Waals surface area contributed by atoms with E-state index in [9.17, 15) is 9.59 Å². The zero-order chi connectivity index (χ0) is 20.1. The molecule has 1 N–H and O–H groups in total. The predicted octanol–water partition coefficient (Wildman–Crippen LogP) is 2.58. The number of ether oxygens (including phenoxy) is 4. The number of esters is 1. The summed E-state index contributed by atoms with van der Waals surface area (Å²) < 4.78 is 21.1. The molecule has 0 fully saturated rings. The maximum Gasteiger partial charge on any atom is 0.344 e. The van der Waals surface area contributed by atoms with Gasteiger partial charge in [0.2, 0.25) is 6.79 Å². The molecule has 0 saturated heterocycles. The number of amides is 1. The molecule has 0 spiro atoms. The van der Waals surface area contributed by atoms with Crippen molar-refractivity contribution in [3.63, 3.8) is 0 Å². The number of rotatable bonds is 7. The third-order valence-electron chi connectivity index (χ3n) is 4.23. The van der Waals surface area contributed by atoms with Crippen LogP contribution in [0.15, 0.2) is 30.3 Å². The van der Waals surface area contributed by atoms with Crippen molar-refractivity contribution in [1.29, 1.82) is 0 Å². The van der Waals surface area contributed by atoms with Crippen LogP contribution in [0.25, 0.3) is 0 Å². The molecule has 0 radical (unpaired) electrons. The SMILES string of the molecule is Cc1cc(C)c(OCC(=O)OCC(=O)NCc2ccc3c(c2)OCO3)c(C)c1. The lowest BCUT2D eigenvalue weighted by molar-refractivity contribution is -0.150. The average molecular weight is 385 g/mol. The van der Waals surface area contributed by atoms with Crippen molar-refractivity contribution in [3.05, 3.63) is 52.6 Å². The van der Waals surface area contributed by atoms with Crippen LogP contribution in [0.1, 0.15) is 22.3 Å². The Bertz CT molecular complexity index is 869. The number of aryl methyl sites for hydroxylation is 3. The quantitative estimate of drug-likeness (QED) is 0.738. The van der Waals surface area contributed by atoms with E-state index in [4.69, 9.17) is 18.9 Å². The van der Waals surface area contributed by atoms with Crippen LogP contribution in [0.2, 0.25) is 0 Å². The average Bonchev–Trinajstić information content (AvgIpc) is 3.11. The summed E-state index contributed by atoms with van der Waals surface area (Å²) in [5, 5.41) is 2.69. The number of hydrogen-bond acceptors (Lipinski definition) is 6. The first-order valence-electron chi connectivity index (χ1n) is 8.94. The molecule has 0 atom stereocenters. The van der Waals surface area contributed by atoms with Crippen LogP contribution in [0.4, 0.5) is 0 Å². The highest BCUT2D eigenvalue weighted by Crippen LogP contribution is 2.32. The molecule has 2 aromatic rings. The smallest absolute Gasteiger partial charge is 0.344 e. The number of hydrogen-bond donors (Lipinski definition) is 1. The van der Waals surface area contributed by atoms with Gasteiger partial charge in [-0.25, -0.2) is 4.79 Å². The van der Waals surface area contributed by atoms with E-state index < -0.39 is 11.9 Å². The van der Waals surface area contributed by atoms with Crippen LogP contribution in [-0.4, -0.2) is 31.9 Å². The van der Waals surface area contributed by atoms with Gasteiger partial charge < -0.3 is 24.3 Å². The lowest BCUT2D eigenvalue weighted by atomic mass is 10.1. The molecule has 0 saturated carbocycles. The largest absolute Gasteiger partial charge is 0.481 e. The Balaban J connectivity index is 1.40. The zero-order valence-corrected chi connectivity index (χ0v) is 16.2. The minimum absolute atomic E-state index is 0.199. The molecule has 1 amide bonds. The standard InChI is InChI=1S/C21H23NO6/c1-13-6-14(2)21(15(3)7-13)26-11-20(24)25-10-19(23)22-9-16-4-5-17-18(8-16)28-12-27-17/h4-8H,9-12H2,1-3H3,(H,22,23). The molecule has 7 nitrogen and oxygen atoms in total. The second-order valence-electron chi connectivity index (χ2n) is 6.64. The summed E-state index contributed by atoms with van der Waals surface area (Å²) in [6.45, 7) is 5.73. The number of benzene rings is 2. The maximum atomic E-state index is 11.9. The Morgan fingerprint density at radius 1 is 1.00 bits per heavy atom. The molecule has 0 aromatic heterocycles. The first kappa shape index (κ1) is 19.5. The molecule has 0 unspecified atom stereocenters. The monoisotopic (exact) mass is 385 g/mol. The topological polar surface area (TPSA) is 83.1 Å². The van der Waals surface area contributed by atoms with Gasteiger partial charge in [0.25, 0.3) is 5.91 Å². The molecule has 28 heavy (non-hydrogen) atoms. The lowest BCUT2D eigenvalue weighted by Crippen LogP contribution is -2.29. The van der Waals surface area contributed by atoms with Crippen molar-refractivity contribution in [2.24, 2.45) is 0 Å². The number of fused-ring (bicyclic) bond motifs is 1. The summed E-state index contributed by atoms with van der Waals surface area (Å²) in [6, 6.07) is 9.39. The van der Waals surface area contributed by atoms with Gasteiger partial charge in [0.05, 0.1) is 0 Å². The minimum atomic E-state index is -0.599. The normalized spacial score (nSPS) is 11.8. The number of carbonyl (C=O) groups is 2. The molecule has 2 aromatic carbocycles. The second kappa shape index (κ2) is 8.65. The van der Waals surface area contributed by atoms with E-state index in [1.807, 2.05) is 39.0 Å². The molecular formula is C21H23NO6. The molecule has 148 valence electrons. The molecule has 1 aliphatic heterocycles. The fourth-order valence-corrected chi connectivity index (χ4v) is 3.02. The van der Waals surface area contributed by atoms with Crippen molar-refractivity contribution in [1.82, 2.24) is 5.32 Å².